The Kier molecular flexibility index (Phi) is 3.43. The van der Waals surface area contributed by atoms with E-state index in [0.29, 0.717) is 18.9 Å². The second kappa shape index (κ2) is 4.98. The summed E-state index contributed by atoms with van der Waals surface area (Å²) in [6, 6.07) is 3.08. The normalized spacial score (nSPS) is 26.9. The molecule has 2 atom stereocenters. The molecule has 0 aromatic heterocycles. The summed E-state index contributed by atoms with van der Waals surface area (Å²) >= 11 is 0. The van der Waals surface area contributed by atoms with Gasteiger partial charge in [0, 0.05) is 12.3 Å². The molecule has 0 amide bonds. The van der Waals surface area contributed by atoms with E-state index in [2.05, 4.69) is 4.72 Å². The monoisotopic (exact) mass is 300 g/mol. The van der Waals surface area contributed by atoms with E-state index >= 15 is 0 Å². The van der Waals surface area contributed by atoms with Crippen LogP contribution in [-0.4, -0.2) is 27.2 Å². The third-order valence-electron chi connectivity index (χ3n) is 3.73. The maximum atomic E-state index is 13.3. The van der Waals surface area contributed by atoms with Crippen LogP contribution in [0.15, 0.2) is 23.1 Å². The Morgan fingerprint density at radius 1 is 1.25 bits per heavy atom. The van der Waals surface area contributed by atoms with Crippen LogP contribution in [0, 0.1) is 11.7 Å². The van der Waals surface area contributed by atoms with Gasteiger partial charge in [-0.2, -0.15) is 0 Å². The molecular formula is C13H17FN2O3S. The van der Waals surface area contributed by atoms with E-state index in [-0.39, 0.29) is 22.7 Å². The van der Waals surface area contributed by atoms with E-state index in [1.54, 1.807) is 0 Å². The first-order valence-electron chi connectivity index (χ1n) is 6.66. The molecule has 110 valence electrons. The molecular weight excluding hydrogens is 283 g/mol. The quantitative estimate of drug-likeness (QED) is 0.820. The summed E-state index contributed by atoms with van der Waals surface area (Å²) in [5, 5.41) is 0. The Bertz CT molecular complexity index is 596. The van der Waals surface area contributed by atoms with Gasteiger partial charge in [-0.3, -0.25) is 0 Å². The van der Waals surface area contributed by atoms with Crippen LogP contribution in [0.2, 0.25) is 0 Å². The minimum Gasteiger partial charge on any atom is -0.399 e. The first kappa shape index (κ1) is 13.8. The maximum Gasteiger partial charge on any atom is 0.241 e. The van der Waals surface area contributed by atoms with Crippen LogP contribution in [0.4, 0.5) is 10.1 Å². The number of nitrogen functional groups attached to an aromatic ring is 1. The third kappa shape index (κ3) is 2.79. The highest BCUT2D eigenvalue weighted by Gasteiger charge is 2.42. The fourth-order valence-electron chi connectivity index (χ4n) is 2.63. The molecule has 2 unspecified atom stereocenters. The Hall–Kier alpha value is -1.18. The summed E-state index contributed by atoms with van der Waals surface area (Å²) in [5.41, 5.74) is 5.58. The third-order valence-corrected chi connectivity index (χ3v) is 5.20. The highest BCUT2D eigenvalue weighted by molar-refractivity contribution is 7.89. The molecule has 2 fully saturated rings. The van der Waals surface area contributed by atoms with Gasteiger partial charge in [0.1, 0.15) is 5.82 Å². The topological polar surface area (TPSA) is 81.4 Å². The van der Waals surface area contributed by atoms with E-state index in [1.807, 2.05) is 0 Å². The molecule has 1 aromatic carbocycles. The number of nitrogens with one attached hydrogen (secondary N) is 1. The number of anilines is 1. The van der Waals surface area contributed by atoms with Gasteiger partial charge in [-0.1, -0.05) is 0 Å². The number of rotatable bonds is 4. The van der Waals surface area contributed by atoms with Crippen molar-refractivity contribution < 1.29 is 17.5 Å². The van der Waals surface area contributed by atoms with Crippen molar-refractivity contribution in [2.45, 2.75) is 36.3 Å². The standard InChI is InChI=1S/C13H17FN2O3S/c14-9-5-10(15)7-11(6-9)20(17,18)16-12-3-4-19-13(12)8-1-2-8/h5-8,12-13,16H,1-4,15H2. The average Bonchev–Trinajstić information content (AvgIpc) is 3.09. The fraction of sp³-hybridized carbons (Fsp3) is 0.538. The lowest BCUT2D eigenvalue weighted by Crippen LogP contribution is -2.41. The molecule has 20 heavy (non-hydrogen) atoms. The Morgan fingerprint density at radius 3 is 2.65 bits per heavy atom. The van der Waals surface area contributed by atoms with Gasteiger partial charge in [-0.15, -0.1) is 0 Å². The van der Waals surface area contributed by atoms with Crippen LogP contribution in [-0.2, 0) is 14.8 Å². The van der Waals surface area contributed by atoms with E-state index in [9.17, 15) is 12.8 Å². The number of benzene rings is 1. The van der Waals surface area contributed by atoms with Crippen molar-refractivity contribution in [2.75, 3.05) is 12.3 Å². The molecule has 1 aromatic rings. The molecule has 7 heteroatoms. The predicted octanol–water partition coefficient (Wildman–Crippen LogP) is 1.25. The number of hydrogen-bond acceptors (Lipinski definition) is 4. The second-order valence-corrected chi connectivity index (χ2v) is 7.12. The molecule has 3 rings (SSSR count). The lowest BCUT2D eigenvalue weighted by molar-refractivity contribution is 0.0848. The number of nitrogens with two attached hydrogens (primary N) is 1. The van der Waals surface area contributed by atoms with Crippen LogP contribution >= 0.6 is 0 Å². The van der Waals surface area contributed by atoms with Crippen molar-refractivity contribution in [3.05, 3.63) is 24.0 Å². The van der Waals surface area contributed by atoms with Crippen LogP contribution in [0.5, 0.6) is 0 Å². The SMILES string of the molecule is Nc1cc(F)cc(S(=O)(=O)NC2CCOC2C2CC2)c1. The second-order valence-electron chi connectivity index (χ2n) is 5.41. The smallest absolute Gasteiger partial charge is 0.241 e. The molecule has 5 nitrogen and oxygen atoms in total. The Balaban J connectivity index is 1.81. The largest absolute Gasteiger partial charge is 0.399 e. The summed E-state index contributed by atoms with van der Waals surface area (Å²) < 4.78 is 46.1. The zero-order valence-corrected chi connectivity index (χ0v) is 11.7. The summed E-state index contributed by atoms with van der Waals surface area (Å²) in [5.74, 6) is -0.213. The molecule has 0 radical (unpaired) electrons. The number of sulfonamides is 1. The van der Waals surface area contributed by atoms with Crippen LogP contribution in [0.25, 0.3) is 0 Å². The van der Waals surface area contributed by atoms with Gasteiger partial charge < -0.3 is 10.5 Å². The van der Waals surface area contributed by atoms with Crippen molar-refractivity contribution >= 4 is 15.7 Å². The highest BCUT2D eigenvalue weighted by atomic mass is 32.2. The summed E-state index contributed by atoms with van der Waals surface area (Å²) in [6.07, 6.45) is 2.74. The average molecular weight is 300 g/mol. The minimum atomic E-state index is -3.78. The Labute approximate surface area is 117 Å². The van der Waals surface area contributed by atoms with Crippen molar-refractivity contribution in [3.8, 4) is 0 Å². The first-order valence-corrected chi connectivity index (χ1v) is 8.14. The van der Waals surface area contributed by atoms with E-state index in [4.69, 9.17) is 10.5 Å². The zero-order chi connectivity index (χ0) is 14.3. The molecule has 3 N–H and O–H groups in total. The van der Waals surface area contributed by atoms with Gasteiger partial charge in [0.05, 0.1) is 17.0 Å². The summed E-state index contributed by atoms with van der Waals surface area (Å²) in [7, 11) is -3.78. The fourth-order valence-corrected chi connectivity index (χ4v) is 3.98. The van der Waals surface area contributed by atoms with Crippen LogP contribution in [0.3, 0.4) is 0 Å². The Morgan fingerprint density at radius 2 is 2.00 bits per heavy atom. The van der Waals surface area contributed by atoms with Gasteiger partial charge >= 0.3 is 0 Å². The van der Waals surface area contributed by atoms with Gasteiger partial charge in [-0.05, 0) is 43.4 Å². The molecule has 0 spiro atoms. The van der Waals surface area contributed by atoms with Gasteiger partial charge in [0.15, 0.2) is 0 Å². The van der Waals surface area contributed by atoms with Gasteiger partial charge in [0.25, 0.3) is 0 Å². The van der Waals surface area contributed by atoms with Crippen LogP contribution in [0.1, 0.15) is 19.3 Å². The molecule has 1 aliphatic heterocycles. The molecule has 0 bridgehead atoms. The van der Waals surface area contributed by atoms with E-state index < -0.39 is 15.8 Å². The lowest BCUT2D eigenvalue weighted by Gasteiger charge is -2.19. The van der Waals surface area contributed by atoms with Gasteiger partial charge in [0.2, 0.25) is 10.0 Å². The number of halogens is 1. The predicted molar refractivity (Wildman–Crippen MR) is 72.0 cm³/mol. The van der Waals surface area contributed by atoms with Crippen molar-refractivity contribution in [3.63, 3.8) is 0 Å². The molecule has 1 heterocycles. The van der Waals surface area contributed by atoms with Crippen molar-refractivity contribution in [1.29, 1.82) is 0 Å². The molecule has 1 saturated heterocycles. The summed E-state index contributed by atoms with van der Waals surface area (Å²) in [6.45, 7) is 0.555. The van der Waals surface area contributed by atoms with Crippen molar-refractivity contribution in [1.82, 2.24) is 4.72 Å². The maximum absolute atomic E-state index is 13.3. The summed E-state index contributed by atoms with van der Waals surface area (Å²) in [4.78, 5) is -0.142. The molecule has 1 saturated carbocycles. The molecule has 1 aliphatic carbocycles. The first-order chi connectivity index (χ1) is 9.45. The van der Waals surface area contributed by atoms with Crippen molar-refractivity contribution in [2.24, 2.45) is 5.92 Å². The van der Waals surface area contributed by atoms with Gasteiger partial charge in [-0.25, -0.2) is 17.5 Å². The number of ether oxygens (including phenoxy) is 1. The molecule has 2 aliphatic rings. The zero-order valence-electron chi connectivity index (χ0n) is 10.9. The minimum absolute atomic E-state index is 0.0596. The van der Waals surface area contributed by atoms with Crippen LogP contribution < -0.4 is 10.5 Å². The lowest BCUT2D eigenvalue weighted by atomic mass is 10.1. The highest BCUT2D eigenvalue weighted by Crippen LogP contribution is 2.39. The number of hydrogen-bond donors (Lipinski definition) is 2. The van der Waals surface area contributed by atoms with E-state index in [0.717, 1.165) is 25.0 Å². The van der Waals surface area contributed by atoms with E-state index in [1.165, 1.54) is 6.07 Å².